The Morgan fingerprint density at radius 1 is 1.03 bits per heavy atom. The summed E-state index contributed by atoms with van der Waals surface area (Å²) in [7, 11) is 1.43. The van der Waals surface area contributed by atoms with Crippen molar-refractivity contribution in [2.24, 2.45) is 0 Å². The predicted octanol–water partition coefficient (Wildman–Crippen LogP) is 6.63. The summed E-state index contributed by atoms with van der Waals surface area (Å²) in [6.07, 6.45) is 0. The number of ether oxygens (including phenoxy) is 3. The van der Waals surface area contributed by atoms with Crippen molar-refractivity contribution in [3.05, 3.63) is 51.5 Å². The number of benzene rings is 2. The number of anilines is 1. The van der Waals surface area contributed by atoms with Crippen LogP contribution in [0.4, 0.5) is 5.69 Å². The molecule has 31 heavy (non-hydrogen) atoms. The Balaban J connectivity index is 0.00000233. The fraction of sp³-hybridized carbons (Fsp3) is 0.391. The standard InChI is InChI=1S/C21H23Cl2NO5.C2H6/c1-6-28-18-15(22)9-12(10-16(18)23)19(25)24-13-7-8-14(17(11-13)27-5)20(26)29-21(2,3)4;1-2/h7-11H,6H2,1-5H3,(H,24,25);1-2H3. The van der Waals surface area contributed by atoms with Gasteiger partial charge in [0.15, 0.2) is 5.75 Å². The highest BCUT2D eigenvalue weighted by Gasteiger charge is 2.22. The summed E-state index contributed by atoms with van der Waals surface area (Å²) in [5.41, 5.74) is 0.313. The van der Waals surface area contributed by atoms with Gasteiger partial charge in [-0.2, -0.15) is 0 Å². The zero-order chi connectivity index (χ0) is 23.8. The summed E-state index contributed by atoms with van der Waals surface area (Å²) < 4.78 is 16.0. The topological polar surface area (TPSA) is 73.9 Å². The molecule has 2 aromatic rings. The molecule has 1 N–H and O–H groups in total. The first-order valence-electron chi connectivity index (χ1n) is 9.90. The van der Waals surface area contributed by atoms with Crippen molar-refractivity contribution in [3.8, 4) is 11.5 Å². The molecule has 0 heterocycles. The normalized spacial score (nSPS) is 10.5. The van der Waals surface area contributed by atoms with Crippen LogP contribution >= 0.6 is 23.2 Å². The Morgan fingerprint density at radius 2 is 1.61 bits per heavy atom. The van der Waals surface area contributed by atoms with E-state index in [1.54, 1.807) is 26.8 Å². The molecular weight excluding hydrogens is 441 g/mol. The first-order chi connectivity index (χ1) is 14.6. The number of carbonyl (C=O) groups is 2. The van der Waals surface area contributed by atoms with Crippen LogP contribution in [-0.2, 0) is 4.74 Å². The van der Waals surface area contributed by atoms with Crippen LogP contribution in [-0.4, -0.2) is 31.2 Å². The molecule has 0 aliphatic heterocycles. The minimum absolute atomic E-state index is 0.238. The van der Waals surface area contributed by atoms with E-state index in [-0.39, 0.29) is 26.9 Å². The third kappa shape index (κ3) is 7.64. The second-order valence-corrected chi connectivity index (χ2v) is 7.89. The van der Waals surface area contributed by atoms with Crippen molar-refractivity contribution >= 4 is 40.8 Å². The molecule has 170 valence electrons. The predicted molar refractivity (Wildman–Crippen MR) is 125 cm³/mol. The van der Waals surface area contributed by atoms with E-state index in [0.29, 0.717) is 18.0 Å². The lowest BCUT2D eigenvalue weighted by atomic mass is 10.1. The fourth-order valence-corrected chi connectivity index (χ4v) is 3.04. The molecular formula is C23H29Cl2NO5. The van der Waals surface area contributed by atoms with Crippen LogP contribution < -0.4 is 14.8 Å². The van der Waals surface area contributed by atoms with Gasteiger partial charge in [-0.1, -0.05) is 37.0 Å². The summed E-state index contributed by atoms with van der Waals surface area (Å²) in [6.45, 7) is 11.5. The minimum atomic E-state index is -0.638. The highest BCUT2D eigenvalue weighted by atomic mass is 35.5. The van der Waals surface area contributed by atoms with Gasteiger partial charge in [-0.25, -0.2) is 4.79 Å². The molecule has 0 fully saturated rings. The molecule has 2 aromatic carbocycles. The van der Waals surface area contributed by atoms with Crippen LogP contribution in [0.25, 0.3) is 0 Å². The van der Waals surface area contributed by atoms with Gasteiger partial charge in [0.25, 0.3) is 5.91 Å². The molecule has 0 saturated carbocycles. The molecule has 0 aliphatic rings. The van der Waals surface area contributed by atoms with Crippen molar-refractivity contribution in [1.82, 2.24) is 0 Å². The van der Waals surface area contributed by atoms with Crippen molar-refractivity contribution in [2.75, 3.05) is 19.0 Å². The number of rotatable bonds is 6. The van der Waals surface area contributed by atoms with Gasteiger partial charge >= 0.3 is 5.97 Å². The van der Waals surface area contributed by atoms with Crippen LogP contribution in [0, 0.1) is 0 Å². The second kappa shape index (κ2) is 11.8. The van der Waals surface area contributed by atoms with E-state index in [1.165, 1.54) is 31.4 Å². The quantitative estimate of drug-likeness (QED) is 0.480. The molecule has 0 radical (unpaired) electrons. The highest BCUT2D eigenvalue weighted by Crippen LogP contribution is 2.34. The largest absolute Gasteiger partial charge is 0.496 e. The van der Waals surface area contributed by atoms with Gasteiger partial charge in [0.05, 0.1) is 23.8 Å². The Kier molecular flexibility index (Phi) is 10.1. The molecule has 0 aromatic heterocycles. The maximum atomic E-state index is 12.6. The van der Waals surface area contributed by atoms with E-state index in [2.05, 4.69) is 5.32 Å². The summed E-state index contributed by atoms with van der Waals surface area (Å²) in [5, 5.41) is 3.20. The van der Waals surface area contributed by atoms with Crippen molar-refractivity contribution < 1.29 is 23.8 Å². The molecule has 6 nitrogen and oxygen atoms in total. The third-order valence-electron chi connectivity index (χ3n) is 3.63. The summed E-state index contributed by atoms with van der Waals surface area (Å²) in [6, 6.07) is 7.59. The lowest BCUT2D eigenvalue weighted by Crippen LogP contribution is -2.24. The van der Waals surface area contributed by atoms with Gasteiger partial charge in [0.1, 0.15) is 16.9 Å². The van der Waals surface area contributed by atoms with Crippen LogP contribution in [0.5, 0.6) is 11.5 Å². The summed E-state index contributed by atoms with van der Waals surface area (Å²) in [5.74, 6) is -0.336. The number of amides is 1. The molecule has 0 saturated heterocycles. The third-order valence-corrected chi connectivity index (χ3v) is 4.19. The maximum absolute atomic E-state index is 12.6. The van der Waals surface area contributed by atoms with Gasteiger partial charge in [-0.15, -0.1) is 0 Å². The Bertz CT molecular complexity index is 900. The van der Waals surface area contributed by atoms with Gasteiger partial charge in [-0.3, -0.25) is 4.79 Å². The smallest absolute Gasteiger partial charge is 0.342 e. The van der Waals surface area contributed by atoms with Crippen molar-refractivity contribution in [1.29, 1.82) is 0 Å². The molecule has 1 amide bonds. The monoisotopic (exact) mass is 469 g/mol. The molecule has 2 rings (SSSR count). The average molecular weight is 470 g/mol. The first-order valence-corrected chi connectivity index (χ1v) is 10.7. The number of halogens is 2. The Morgan fingerprint density at radius 3 is 2.10 bits per heavy atom. The molecule has 0 spiro atoms. The fourth-order valence-electron chi connectivity index (χ4n) is 2.45. The van der Waals surface area contributed by atoms with Crippen molar-refractivity contribution in [2.45, 2.75) is 47.1 Å². The first kappa shape index (κ1) is 26.6. The Hall–Kier alpha value is -2.44. The van der Waals surface area contributed by atoms with E-state index >= 15 is 0 Å². The van der Waals surface area contributed by atoms with Crippen LogP contribution in [0.1, 0.15) is 62.3 Å². The Labute approximate surface area is 193 Å². The average Bonchev–Trinajstić information content (AvgIpc) is 2.70. The zero-order valence-corrected chi connectivity index (χ0v) is 20.4. The van der Waals surface area contributed by atoms with E-state index in [0.717, 1.165) is 0 Å². The lowest BCUT2D eigenvalue weighted by molar-refractivity contribution is 0.00665. The summed E-state index contributed by atoms with van der Waals surface area (Å²) in [4.78, 5) is 24.9. The SMILES string of the molecule is CC.CCOc1c(Cl)cc(C(=O)Nc2ccc(C(=O)OC(C)(C)C)c(OC)c2)cc1Cl. The molecule has 0 unspecified atom stereocenters. The number of hydrogen-bond donors (Lipinski definition) is 1. The molecule has 0 atom stereocenters. The van der Waals surface area contributed by atoms with Crippen LogP contribution in [0.3, 0.4) is 0 Å². The highest BCUT2D eigenvalue weighted by molar-refractivity contribution is 6.37. The molecule has 0 bridgehead atoms. The van der Waals surface area contributed by atoms with Gasteiger partial charge < -0.3 is 19.5 Å². The van der Waals surface area contributed by atoms with Gasteiger partial charge in [0, 0.05) is 17.3 Å². The van der Waals surface area contributed by atoms with Crippen molar-refractivity contribution in [3.63, 3.8) is 0 Å². The van der Waals surface area contributed by atoms with E-state index in [9.17, 15) is 9.59 Å². The van der Waals surface area contributed by atoms with E-state index in [1.807, 2.05) is 20.8 Å². The maximum Gasteiger partial charge on any atom is 0.342 e. The number of methoxy groups -OCH3 is 1. The van der Waals surface area contributed by atoms with Gasteiger partial charge in [0.2, 0.25) is 0 Å². The van der Waals surface area contributed by atoms with Crippen LogP contribution in [0.15, 0.2) is 30.3 Å². The van der Waals surface area contributed by atoms with Crippen LogP contribution in [0.2, 0.25) is 10.0 Å². The number of hydrogen-bond acceptors (Lipinski definition) is 5. The minimum Gasteiger partial charge on any atom is -0.496 e. The zero-order valence-electron chi connectivity index (χ0n) is 18.9. The van der Waals surface area contributed by atoms with Gasteiger partial charge in [-0.05, 0) is 52.0 Å². The number of nitrogens with one attached hydrogen (secondary N) is 1. The van der Waals surface area contributed by atoms with E-state index in [4.69, 9.17) is 37.4 Å². The molecule has 8 heteroatoms. The number of carbonyl (C=O) groups excluding carboxylic acids is 2. The van der Waals surface area contributed by atoms with E-state index < -0.39 is 17.5 Å². The lowest BCUT2D eigenvalue weighted by Gasteiger charge is -2.20. The second-order valence-electron chi connectivity index (χ2n) is 7.07. The molecule has 0 aliphatic carbocycles. The summed E-state index contributed by atoms with van der Waals surface area (Å²) >= 11 is 12.3. The number of esters is 1.